The van der Waals surface area contributed by atoms with Crippen LogP contribution in [0.15, 0.2) is 11.6 Å². The van der Waals surface area contributed by atoms with Gasteiger partial charge in [0.2, 0.25) is 10.0 Å². The summed E-state index contributed by atoms with van der Waals surface area (Å²) in [6.45, 7) is 2.98. The van der Waals surface area contributed by atoms with Gasteiger partial charge < -0.3 is 0 Å². The van der Waals surface area contributed by atoms with E-state index in [0.29, 0.717) is 13.1 Å². The van der Waals surface area contributed by atoms with Gasteiger partial charge >= 0.3 is 0 Å². The maximum absolute atomic E-state index is 11.3. The zero-order valence-corrected chi connectivity index (χ0v) is 8.53. The summed E-state index contributed by atoms with van der Waals surface area (Å²) in [7, 11) is -3.20. The van der Waals surface area contributed by atoms with Gasteiger partial charge in [0.1, 0.15) is 5.21 Å². The molecule has 12 heavy (non-hydrogen) atoms. The summed E-state index contributed by atoms with van der Waals surface area (Å²) in [4.78, 5) is 0. The minimum Gasteiger partial charge on any atom is -0.211 e. The molecule has 1 heterocycles. The highest BCUT2D eigenvalue weighted by Crippen LogP contribution is 2.13. The molecule has 0 aromatic rings. The summed E-state index contributed by atoms with van der Waals surface area (Å²) >= 11 is 5.33. The number of sulfonamides is 1. The molecule has 3 nitrogen and oxygen atoms in total. The lowest BCUT2D eigenvalue weighted by molar-refractivity contribution is 0.431. The van der Waals surface area contributed by atoms with Crippen LogP contribution in [0.25, 0.3) is 0 Å². The Hall–Kier alpha value is -0.0600. The monoisotopic (exact) mass is 209 g/mol. The Morgan fingerprint density at radius 3 is 2.83 bits per heavy atom. The average molecular weight is 210 g/mol. The lowest BCUT2D eigenvalue weighted by Crippen LogP contribution is -2.35. The molecule has 0 saturated carbocycles. The van der Waals surface area contributed by atoms with E-state index in [2.05, 4.69) is 6.08 Å². The highest BCUT2D eigenvalue weighted by molar-refractivity contribution is 7.90. The summed E-state index contributed by atoms with van der Waals surface area (Å²) < 4.78 is 24.0. The number of halogens is 1. The van der Waals surface area contributed by atoms with Gasteiger partial charge in [0.05, 0.1) is 0 Å². The molecule has 0 saturated heterocycles. The first kappa shape index (κ1) is 10.0. The van der Waals surface area contributed by atoms with Gasteiger partial charge in [-0.2, -0.15) is 4.31 Å². The predicted octanol–water partition coefficient (Wildman–Crippen LogP) is 1.16. The fourth-order valence-electron chi connectivity index (χ4n) is 1.18. The Labute approximate surface area is 78.1 Å². The largest absolute Gasteiger partial charge is 0.228 e. The summed E-state index contributed by atoms with van der Waals surface area (Å²) in [6.07, 6.45) is 2.85. The third-order valence-corrected chi connectivity index (χ3v) is 4.03. The molecule has 0 aromatic carbocycles. The first-order valence-electron chi connectivity index (χ1n) is 3.75. The normalized spacial score (nSPS) is 20.7. The lowest BCUT2D eigenvalue weighted by atomic mass is 10.2. The zero-order chi connectivity index (χ0) is 9.19. The molecular formula is C7H12ClNO2S. The van der Waals surface area contributed by atoms with Gasteiger partial charge in [-0.25, -0.2) is 8.42 Å². The topological polar surface area (TPSA) is 37.4 Å². The maximum Gasteiger partial charge on any atom is 0.228 e. The molecule has 70 valence electrons. The molecule has 0 aliphatic carbocycles. The van der Waals surface area contributed by atoms with Crippen molar-refractivity contribution in [1.82, 2.24) is 4.31 Å². The van der Waals surface area contributed by atoms with E-state index in [4.69, 9.17) is 11.6 Å². The molecule has 0 spiro atoms. The Morgan fingerprint density at radius 1 is 1.67 bits per heavy atom. The Morgan fingerprint density at radius 2 is 2.33 bits per heavy atom. The molecule has 0 N–H and O–H groups in total. The standard InChI is InChI=1S/C7H12ClNO2S/c1-7-3-2-4-9(5-7)12(10,11)6-8/h3H,2,4-6H2,1H3. The molecule has 5 heteroatoms. The van der Waals surface area contributed by atoms with Crippen molar-refractivity contribution in [3.63, 3.8) is 0 Å². The van der Waals surface area contributed by atoms with Crippen LogP contribution < -0.4 is 0 Å². The van der Waals surface area contributed by atoms with E-state index in [1.54, 1.807) is 0 Å². The minimum absolute atomic E-state index is 0.319. The molecule has 0 atom stereocenters. The van der Waals surface area contributed by atoms with Gasteiger partial charge in [-0.05, 0) is 13.3 Å². The number of nitrogens with zero attached hydrogens (tertiary/aromatic N) is 1. The molecule has 0 aromatic heterocycles. The van der Waals surface area contributed by atoms with Crippen molar-refractivity contribution in [2.24, 2.45) is 0 Å². The van der Waals surface area contributed by atoms with Gasteiger partial charge in [-0.15, -0.1) is 11.6 Å². The van der Waals surface area contributed by atoms with Gasteiger partial charge in [-0.3, -0.25) is 0 Å². The Bertz CT molecular complexity index is 284. The fourth-order valence-corrected chi connectivity index (χ4v) is 2.52. The summed E-state index contributed by atoms with van der Waals surface area (Å²) in [5.74, 6) is 0. The van der Waals surface area contributed by atoms with E-state index in [9.17, 15) is 8.42 Å². The number of hydrogen-bond donors (Lipinski definition) is 0. The van der Waals surface area contributed by atoms with Crippen molar-refractivity contribution in [3.05, 3.63) is 11.6 Å². The first-order chi connectivity index (χ1) is 5.56. The predicted molar refractivity (Wildman–Crippen MR) is 49.6 cm³/mol. The van der Waals surface area contributed by atoms with Crippen molar-refractivity contribution in [2.75, 3.05) is 18.3 Å². The van der Waals surface area contributed by atoms with Crippen LogP contribution >= 0.6 is 11.6 Å². The van der Waals surface area contributed by atoms with Crippen molar-refractivity contribution < 1.29 is 8.42 Å². The average Bonchev–Trinajstić information content (AvgIpc) is 2.05. The van der Waals surface area contributed by atoms with E-state index in [1.807, 2.05) is 6.92 Å². The molecule has 1 aliphatic rings. The highest BCUT2D eigenvalue weighted by atomic mass is 35.5. The lowest BCUT2D eigenvalue weighted by Gasteiger charge is -2.24. The second kappa shape index (κ2) is 3.77. The van der Waals surface area contributed by atoms with Crippen LogP contribution in [0.5, 0.6) is 0 Å². The van der Waals surface area contributed by atoms with Crippen LogP contribution in [0.4, 0.5) is 0 Å². The minimum atomic E-state index is -3.20. The van der Waals surface area contributed by atoms with Crippen LogP contribution in [0.3, 0.4) is 0 Å². The molecule has 0 radical (unpaired) electrons. The van der Waals surface area contributed by atoms with Crippen LogP contribution in [0, 0.1) is 0 Å². The summed E-state index contributed by atoms with van der Waals surface area (Å²) in [6, 6.07) is 0. The van der Waals surface area contributed by atoms with Crippen molar-refractivity contribution >= 4 is 21.6 Å². The van der Waals surface area contributed by atoms with Crippen molar-refractivity contribution in [2.45, 2.75) is 13.3 Å². The molecule has 1 rings (SSSR count). The molecule has 0 unspecified atom stereocenters. The third kappa shape index (κ3) is 2.21. The van der Waals surface area contributed by atoms with Crippen molar-refractivity contribution in [3.8, 4) is 0 Å². The number of hydrogen-bond acceptors (Lipinski definition) is 2. The highest BCUT2D eigenvalue weighted by Gasteiger charge is 2.22. The van der Waals surface area contributed by atoms with Gasteiger partial charge in [0.25, 0.3) is 0 Å². The zero-order valence-electron chi connectivity index (χ0n) is 6.96. The second-order valence-corrected chi connectivity index (χ2v) is 5.45. The number of alkyl halides is 1. The van der Waals surface area contributed by atoms with Crippen molar-refractivity contribution in [1.29, 1.82) is 0 Å². The molecule has 0 bridgehead atoms. The van der Waals surface area contributed by atoms with E-state index in [0.717, 1.165) is 12.0 Å². The van der Waals surface area contributed by atoms with E-state index >= 15 is 0 Å². The summed E-state index contributed by atoms with van der Waals surface area (Å²) in [5, 5.41) is -0.319. The van der Waals surface area contributed by atoms with Crippen LogP contribution in [-0.2, 0) is 10.0 Å². The SMILES string of the molecule is CC1=CCCN(S(=O)(=O)CCl)C1. The Balaban J connectivity index is 2.74. The van der Waals surface area contributed by atoms with Gasteiger partial charge in [-0.1, -0.05) is 11.6 Å². The molecule has 1 aliphatic heterocycles. The molecular weight excluding hydrogens is 198 g/mol. The smallest absolute Gasteiger partial charge is 0.211 e. The molecule has 0 amide bonds. The summed E-state index contributed by atoms with van der Waals surface area (Å²) in [5.41, 5.74) is 1.09. The van der Waals surface area contributed by atoms with E-state index in [1.165, 1.54) is 4.31 Å². The second-order valence-electron chi connectivity index (χ2n) is 2.89. The Kier molecular flexibility index (Phi) is 3.15. The third-order valence-electron chi connectivity index (χ3n) is 1.83. The van der Waals surface area contributed by atoms with Crippen LogP contribution in [0.2, 0.25) is 0 Å². The fraction of sp³-hybridized carbons (Fsp3) is 0.714. The first-order valence-corrected chi connectivity index (χ1v) is 5.90. The van der Waals surface area contributed by atoms with Gasteiger partial charge in [0, 0.05) is 13.1 Å². The van der Waals surface area contributed by atoms with E-state index in [-0.39, 0.29) is 5.21 Å². The molecule has 0 fully saturated rings. The quantitative estimate of drug-likeness (QED) is 0.506. The van der Waals surface area contributed by atoms with Crippen LogP contribution in [-0.4, -0.2) is 31.0 Å². The van der Waals surface area contributed by atoms with E-state index < -0.39 is 10.0 Å². The number of rotatable bonds is 2. The maximum atomic E-state index is 11.3. The van der Waals surface area contributed by atoms with Crippen LogP contribution in [0.1, 0.15) is 13.3 Å². The van der Waals surface area contributed by atoms with Gasteiger partial charge in [0.15, 0.2) is 0 Å².